The molecule has 1 amide bonds. The number of piperidine rings is 1. The van der Waals surface area contributed by atoms with Gasteiger partial charge in [0.25, 0.3) is 11.7 Å². The summed E-state index contributed by atoms with van der Waals surface area (Å²) in [6, 6.07) is 18.9. The Morgan fingerprint density at radius 3 is 2.34 bits per heavy atom. The molecule has 2 aromatic carbocycles. The van der Waals surface area contributed by atoms with Crippen LogP contribution in [0.2, 0.25) is 0 Å². The molecular formula is C32H36N2O4. The summed E-state index contributed by atoms with van der Waals surface area (Å²) in [5, 5.41) is 11.6. The first-order valence-electron chi connectivity index (χ1n) is 13.4. The fraction of sp³-hybridized carbons (Fsp3) is 0.375. The predicted molar refractivity (Wildman–Crippen MR) is 147 cm³/mol. The molecule has 6 heteroatoms. The van der Waals surface area contributed by atoms with Crippen LogP contribution >= 0.6 is 0 Å². The van der Waals surface area contributed by atoms with E-state index in [4.69, 9.17) is 4.42 Å². The number of Topliss-reactive ketones (excluding diaryl/α,β-unsaturated/α-hetero) is 1. The van der Waals surface area contributed by atoms with Gasteiger partial charge in [0, 0.05) is 31.2 Å². The number of aliphatic hydroxyl groups is 1. The molecule has 0 bridgehead atoms. The highest BCUT2D eigenvalue weighted by Crippen LogP contribution is 2.43. The van der Waals surface area contributed by atoms with Crippen LogP contribution in [0.5, 0.6) is 0 Å². The molecule has 1 aromatic heterocycles. The van der Waals surface area contributed by atoms with E-state index in [1.165, 1.54) is 5.56 Å². The van der Waals surface area contributed by atoms with Gasteiger partial charge in [0.05, 0.1) is 11.8 Å². The van der Waals surface area contributed by atoms with Gasteiger partial charge in [-0.05, 0) is 60.1 Å². The number of rotatable bonds is 5. The molecule has 2 aliphatic rings. The van der Waals surface area contributed by atoms with Crippen LogP contribution in [0.1, 0.15) is 67.7 Å². The molecule has 0 radical (unpaired) electrons. The highest BCUT2D eigenvalue weighted by atomic mass is 16.3. The smallest absolute Gasteiger partial charge is 0.296 e. The van der Waals surface area contributed by atoms with Crippen molar-refractivity contribution < 1.29 is 19.1 Å². The van der Waals surface area contributed by atoms with Gasteiger partial charge in [0.2, 0.25) is 0 Å². The Hall–Kier alpha value is -3.64. The van der Waals surface area contributed by atoms with Gasteiger partial charge in [-0.1, -0.05) is 63.2 Å². The number of likely N-dealkylation sites (tertiary alicyclic amines) is 2. The second-order valence-electron chi connectivity index (χ2n) is 11.5. The zero-order valence-electron chi connectivity index (χ0n) is 22.6. The van der Waals surface area contributed by atoms with Crippen LogP contribution in [0.4, 0.5) is 0 Å². The SMILES string of the molecule is Cc1ccc(C(C)(C)C)cc1/C(O)=C1\C(=O)C(=O)N(C2CCN(Cc3ccccc3)CC2)C1c1ccco1. The number of aliphatic hydroxyl groups excluding tert-OH is 1. The van der Waals surface area contributed by atoms with Gasteiger partial charge in [-0.3, -0.25) is 14.5 Å². The minimum absolute atomic E-state index is 0.103. The molecule has 0 aliphatic carbocycles. The molecule has 1 unspecified atom stereocenters. The predicted octanol–water partition coefficient (Wildman–Crippen LogP) is 5.97. The fourth-order valence-corrected chi connectivity index (χ4v) is 5.64. The number of hydrogen-bond acceptors (Lipinski definition) is 5. The van der Waals surface area contributed by atoms with Gasteiger partial charge in [-0.2, -0.15) is 0 Å². The van der Waals surface area contributed by atoms with Crippen molar-refractivity contribution in [3.8, 4) is 0 Å². The van der Waals surface area contributed by atoms with Crippen LogP contribution in [0.25, 0.3) is 5.76 Å². The lowest BCUT2D eigenvalue weighted by atomic mass is 9.84. The second kappa shape index (κ2) is 10.3. The Kier molecular flexibility index (Phi) is 7.01. The zero-order valence-corrected chi connectivity index (χ0v) is 22.6. The third kappa shape index (κ3) is 4.93. The number of amides is 1. The van der Waals surface area contributed by atoms with E-state index in [-0.39, 0.29) is 22.8 Å². The number of ketones is 1. The second-order valence-corrected chi connectivity index (χ2v) is 11.5. The number of benzene rings is 2. The maximum absolute atomic E-state index is 13.5. The molecule has 3 heterocycles. The quantitative estimate of drug-likeness (QED) is 0.259. The van der Waals surface area contributed by atoms with E-state index >= 15 is 0 Å². The molecule has 1 atom stereocenters. The monoisotopic (exact) mass is 512 g/mol. The molecule has 2 aliphatic heterocycles. The molecule has 38 heavy (non-hydrogen) atoms. The first kappa shape index (κ1) is 26.0. The summed E-state index contributed by atoms with van der Waals surface area (Å²) in [5.74, 6) is -0.880. The minimum atomic E-state index is -0.756. The van der Waals surface area contributed by atoms with Crippen molar-refractivity contribution in [2.24, 2.45) is 0 Å². The Morgan fingerprint density at radius 2 is 1.71 bits per heavy atom. The first-order chi connectivity index (χ1) is 18.1. The van der Waals surface area contributed by atoms with E-state index < -0.39 is 17.7 Å². The maximum atomic E-state index is 13.5. The van der Waals surface area contributed by atoms with Crippen LogP contribution in [0, 0.1) is 6.92 Å². The molecule has 2 fully saturated rings. The van der Waals surface area contributed by atoms with Crippen LogP contribution in [-0.4, -0.2) is 45.7 Å². The van der Waals surface area contributed by atoms with E-state index in [1.807, 2.05) is 43.3 Å². The fourth-order valence-electron chi connectivity index (χ4n) is 5.64. The van der Waals surface area contributed by atoms with E-state index in [0.717, 1.165) is 43.6 Å². The van der Waals surface area contributed by atoms with E-state index in [0.29, 0.717) is 11.3 Å². The summed E-state index contributed by atoms with van der Waals surface area (Å²) in [7, 11) is 0. The summed E-state index contributed by atoms with van der Waals surface area (Å²) < 4.78 is 5.76. The summed E-state index contributed by atoms with van der Waals surface area (Å²) in [5.41, 5.74) is 3.68. The topological polar surface area (TPSA) is 74.0 Å². The summed E-state index contributed by atoms with van der Waals surface area (Å²) in [4.78, 5) is 31.1. The summed E-state index contributed by atoms with van der Waals surface area (Å²) in [6.45, 7) is 10.7. The molecule has 198 valence electrons. The van der Waals surface area contributed by atoms with E-state index in [2.05, 4.69) is 37.8 Å². The highest BCUT2D eigenvalue weighted by molar-refractivity contribution is 6.46. The lowest BCUT2D eigenvalue weighted by Crippen LogP contribution is -2.46. The average molecular weight is 513 g/mol. The van der Waals surface area contributed by atoms with Crippen molar-refractivity contribution in [1.82, 2.24) is 9.80 Å². The van der Waals surface area contributed by atoms with Gasteiger partial charge >= 0.3 is 0 Å². The Balaban J connectivity index is 1.48. The number of aryl methyl sites for hydroxylation is 1. The van der Waals surface area contributed by atoms with Crippen molar-refractivity contribution in [3.63, 3.8) is 0 Å². The number of carbonyl (C=O) groups is 2. The lowest BCUT2D eigenvalue weighted by molar-refractivity contribution is -0.142. The first-order valence-corrected chi connectivity index (χ1v) is 13.4. The molecule has 3 aromatic rings. The molecule has 0 spiro atoms. The number of furan rings is 1. The van der Waals surface area contributed by atoms with Crippen molar-refractivity contribution >= 4 is 17.4 Å². The van der Waals surface area contributed by atoms with Crippen molar-refractivity contribution in [2.45, 2.75) is 64.6 Å². The average Bonchev–Trinajstić information content (AvgIpc) is 3.51. The van der Waals surface area contributed by atoms with Crippen LogP contribution in [0.15, 0.2) is 76.9 Å². The minimum Gasteiger partial charge on any atom is -0.507 e. The molecule has 2 saturated heterocycles. The van der Waals surface area contributed by atoms with Crippen molar-refractivity contribution in [3.05, 3.63) is 101 Å². The van der Waals surface area contributed by atoms with E-state index in [9.17, 15) is 14.7 Å². The molecular weight excluding hydrogens is 476 g/mol. The Labute approximate surface area is 224 Å². The largest absolute Gasteiger partial charge is 0.507 e. The third-order valence-electron chi connectivity index (χ3n) is 7.85. The van der Waals surface area contributed by atoms with Gasteiger partial charge in [-0.25, -0.2) is 0 Å². The van der Waals surface area contributed by atoms with Gasteiger partial charge in [0.15, 0.2) is 0 Å². The van der Waals surface area contributed by atoms with Gasteiger partial charge in [0.1, 0.15) is 17.6 Å². The summed E-state index contributed by atoms with van der Waals surface area (Å²) in [6.07, 6.45) is 3.04. The molecule has 5 rings (SSSR count). The highest BCUT2D eigenvalue weighted by Gasteiger charge is 2.50. The van der Waals surface area contributed by atoms with Crippen molar-refractivity contribution in [1.29, 1.82) is 0 Å². The van der Waals surface area contributed by atoms with Gasteiger partial charge in [-0.15, -0.1) is 0 Å². The van der Waals surface area contributed by atoms with Crippen molar-refractivity contribution in [2.75, 3.05) is 13.1 Å². The van der Waals surface area contributed by atoms with Crippen LogP contribution in [-0.2, 0) is 21.5 Å². The standard InChI is InChI=1S/C32H36N2O4/c1-21-12-13-23(32(2,3)4)19-25(21)29(35)27-28(26-11-8-18-38-26)34(31(37)30(27)36)24-14-16-33(17-15-24)20-22-9-6-5-7-10-22/h5-13,18-19,24,28,35H,14-17,20H2,1-4H3/b29-27+. The zero-order chi connectivity index (χ0) is 27.0. The third-order valence-corrected chi connectivity index (χ3v) is 7.85. The maximum Gasteiger partial charge on any atom is 0.296 e. The number of nitrogens with zero attached hydrogens (tertiary/aromatic N) is 2. The normalized spacial score (nSPS) is 20.8. The molecule has 0 saturated carbocycles. The lowest BCUT2D eigenvalue weighted by Gasteiger charge is -2.38. The van der Waals surface area contributed by atoms with E-state index in [1.54, 1.807) is 23.3 Å². The number of carbonyl (C=O) groups excluding carboxylic acids is 2. The Bertz CT molecular complexity index is 1340. The summed E-state index contributed by atoms with van der Waals surface area (Å²) >= 11 is 0. The van der Waals surface area contributed by atoms with Crippen LogP contribution < -0.4 is 0 Å². The van der Waals surface area contributed by atoms with Crippen LogP contribution in [0.3, 0.4) is 0 Å². The van der Waals surface area contributed by atoms with Gasteiger partial charge < -0.3 is 14.4 Å². The molecule has 6 nitrogen and oxygen atoms in total. The Morgan fingerprint density at radius 1 is 1.00 bits per heavy atom. The number of hydrogen-bond donors (Lipinski definition) is 1. The molecule has 1 N–H and O–H groups in total.